The molecule has 0 saturated heterocycles. The fourth-order valence-corrected chi connectivity index (χ4v) is 4.46. The maximum Gasteiger partial charge on any atom is 0.191 e. The molecule has 7 heteroatoms. The second-order valence-electron chi connectivity index (χ2n) is 7.27. The number of nitriles is 1. The van der Waals surface area contributed by atoms with Crippen molar-refractivity contribution in [3.63, 3.8) is 0 Å². The van der Waals surface area contributed by atoms with Gasteiger partial charge in [-0.05, 0) is 44.7 Å². The molecule has 3 aromatic rings. The molecule has 0 atom stereocenters. The van der Waals surface area contributed by atoms with Crippen LogP contribution in [-0.4, -0.2) is 24.5 Å². The number of thioether (sulfide) groups is 1. The summed E-state index contributed by atoms with van der Waals surface area (Å²) in [5.41, 5.74) is 3.31. The average Bonchev–Trinajstić information content (AvgIpc) is 3.63. The molecule has 2 aliphatic carbocycles. The summed E-state index contributed by atoms with van der Waals surface area (Å²) in [4.78, 5) is 0. The molecule has 136 valence electrons. The minimum absolute atomic E-state index is 0.564. The van der Waals surface area contributed by atoms with Crippen molar-refractivity contribution in [2.24, 2.45) is 0 Å². The summed E-state index contributed by atoms with van der Waals surface area (Å²) in [5, 5.41) is 24.2. The van der Waals surface area contributed by atoms with Crippen molar-refractivity contribution in [2.45, 2.75) is 55.5 Å². The lowest BCUT2D eigenvalue weighted by molar-refractivity contribution is 0.626. The van der Waals surface area contributed by atoms with Crippen LogP contribution >= 0.6 is 11.8 Å². The fraction of sp³-hybridized carbons (Fsp3) is 0.400. The molecule has 2 fully saturated rings. The molecule has 0 aliphatic heterocycles. The molecule has 0 radical (unpaired) electrons. The lowest BCUT2D eigenvalue weighted by Crippen LogP contribution is -2.04. The van der Waals surface area contributed by atoms with Crippen molar-refractivity contribution in [3.05, 3.63) is 53.1 Å². The first-order valence-corrected chi connectivity index (χ1v) is 10.4. The first-order valence-electron chi connectivity index (χ1n) is 9.38. The van der Waals surface area contributed by atoms with Gasteiger partial charge in [0, 0.05) is 17.7 Å². The van der Waals surface area contributed by atoms with Crippen LogP contribution in [0.2, 0.25) is 0 Å². The van der Waals surface area contributed by atoms with Gasteiger partial charge in [-0.15, -0.1) is 10.2 Å². The van der Waals surface area contributed by atoms with Crippen LogP contribution in [0.25, 0.3) is 5.69 Å². The Balaban J connectivity index is 1.47. The third-order valence-electron chi connectivity index (χ3n) is 5.15. The molecule has 0 unspecified atom stereocenters. The smallest absolute Gasteiger partial charge is 0.191 e. The van der Waals surface area contributed by atoms with E-state index in [-0.39, 0.29) is 0 Å². The Bertz CT molecular complexity index is 1020. The monoisotopic (exact) mass is 376 g/mol. The largest absolute Gasteiger partial charge is 0.303 e. The van der Waals surface area contributed by atoms with Gasteiger partial charge < -0.3 is 4.57 Å². The molecule has 6 nitrogen and oxygen atoms in total. The Labute approximate surface area is 162 Å². The number of hydrogen-bond acceptors (Lipinski definition) is 5. The number of aryl methyl sites for hydroxylation is 1. The average molecular weight is 376 g/mol. The zero-order chi connectivity index (χ0) is 18.4. The zero-order valence-corrected chi connectivity index (χ0v) is 16.0. The molecule has 2 heterocycles. The Morgan fingerprint density at radius 3 is 2.59 bits per heavy atom. The second-order valence-corrected chi connectivity index (χ2v) is 8.21. The molecule has 2 aliphatic rings. The number of benzene rings is 1. The first-order chi connectivity index (χ1) is 13.3. The Morgan fingerprint density at radius 1 is 1.15 bits per heavy atom. The van der Waals surface area contributed by atoms with Crippen LogP contribution in [0.3, 0.4) is 0 Å². The maximum absolute atomic E-state index is 9.65. The molecule has 0 N–H and O–H groups in total. The second kappa shape index (κ2) is 6.54. The Morgan fingerprint density at radius 2 is 1.93 bits per heavy atom. The highest BCUT2D eigenvalue weighted by Crippen LogP contribution is 2.46. The number of rotatable bonds is 6. The molecular weight excluding hydrogens is 356 g/mol. The normalized spacial score (nSPS) is 16.4. The quantitative estimate of drug-likeness (QED) is 0.604. The van der Waals surface area contributed by atoms with Gasteiger partial charge in [0.2, 0.25) is 0 Å². The highest BCUT2D eigenvalue weighted by atomic mass is 32.2. The topological polar surface area (TPSA) is 72.3 Å². The molecule has 2 aromatic heterocycles. The minimum Gasteiger partial charge on any atom is -0.303 e. The van der Waals surface area contributed by atoms with Gasteiger partial charge in [-0.2, -0.15) is 10.4 Å². The highest BCUT2D eigenvalue weighted by molar-refractivity contribution is 7.98. The van der Waals surface area contributed by atoms with E-state index < -0.39 is 0 Å². The van der Waals surface area contributed by atoms with E-state index in [0.717, 1.165) is 28.1 Å². The van der Waals surface area contributed by atoms with E-state index in [4.69, 9.17) is 0 Å². The van der Waals surface area contributed by atoms with E-state index in [0.29, 0.717) is 23.3 Å². The van der Waals surface area contributed by atoms with E-state index in [2.05, 4.69) is 25.9 Å². The predicted octanol–water partition coefficient (Wildman–Crippen LogP) is 4.15. The summed E-state index contributed by atoms with van der Waals surface area (Å²) in [6.45, 7) is 1.89. The third kappa shape index (κ3) is 3.04. The Kier molecular flexibility index (Phi) is 4.01. The predicted molar refractivity (Wildman–Crippen MR) is 103 cm³/mol. The van der Waals surface area contributed by atoms with Crippen LogP contribution < -0.4 is 0 Å². The van der Waals surface area contributed by atoms with E-state index in [1.807, 2.05) is 41.9 Å². The molecule has 1 aromatic carbocycles. The fourth-order valence-electron chi connectivity index (χ4n) is 3.45. The third-order valence-corrected chi connectivity index (χ3v) is 6.11. The summed E-state index contributed by atoms with van der Waals surface area (Å²) >= 11 is 1.66. The summed E-state index contributed by atoms with van der Waals surface area (Å²) < 4.78 is 4.24. The van der Waals surface area contributed by atoms with E-state index >= 15 is 0 Å². The van der Waals surface area contributed by atoms with Gasteiger partial charge in [0.15, 0.2) is 5.16 Å². The van der Waals surface area contributed by atoms with Gasteiger partial charge >= 0.3 is 0 Å². The Hall–Kier alpha value is -2.59. The van der Waals surface area contributed by atoms with Crippen LogP contribution in [0.4, 0.5) is 0 Å². The van der Waals surface area contributed by atoms with Gasteiger partial charge in [-0.3, -0.25) is 0 Å². The summed E-state index contributed by atoms with van der Waals surface area (Å²) in [7, 11) is 0. The molecule has 5 rings (SSSR count). The van der Waals surface area contributed by atoms with Gasteiger partial charge in [-0.25, -0.2) is 4.68 Å². The van der Waals surface area contributed by atoms with Crippen LogP contribution in [0.15, 0.2) is 35.5 Å². The van der Waals surface area contributed by atoms with Gasteiger partial charge in [-0.1, -0.05) is 30.0 Å². The zero-order valence-electron chi connectivity index (χ0n) is 15.2. The van der Waals surface area contributed by atoms with Crippen molar-refractivity contribution < 1.29 is 0 Å². The molecule has 0 bridgehead atoms. The molecular formula is C20H20N6S. The highest BCUT2D eigenvalue weighted by Gasteiger charge is 2.36. The van der Waals surface area contributed by atoms with Gasteiger partial charge in [0.1, 0.15) is 11.9 Å². The van der Waals surface area contributed by atoms with Crippen LogP contribution in [-0.2, 0) is 5.75 Å². The number of aromatic nitrogens is 5. The molecule has 0 amide bonds. The van der Waals surface area contributed by atoms with Gasteiger partial charge in [0.25, 0.3) is 0 Å². The van der Waals surface area contributed by atoms with Crippen molar-refractivity contribution >= 4 is 11.8 Å². The standard InChI is InChI=1S/C20H20N6S/c1-13-17(11-21)18(26(24-13)16-5-3-2-4-6-16)12-27-20-23-22-19(14-7-8-14)25(20)15-9-10-15/h2-6,14-15H,7-10,12H2,1H3. The first kappa shape index (κ1) is 16.6. The number of hydrogen-bond donors (Lipinski definition) is 0. The lowest BCUT2D eigenvalue weighted by atomic mass is 10.2. The summed E-state index contributed by atoms with van der Waals surface area (Å²) in [6.07, 6.45) is 4.90. The van der Waals surface area contributed by atoms with Gasteiger partial charge in [0.05, 0.1) is 22.6 Å². The van der Waals surface area contributed by atoms with E-state index in [1.165, 1.54) is 25.7 Å². The van der Waals surface area contributed by atoms with Crippen molar-refractivity contribution in [1.29, 1.82) is 5.26 Å². The molecule has 0 spiro atoms. The van der Waals surface area contributed by atoms with E-state index in [9.17, 15) is 5.26 Å². The van der Waals surface area contributed by atoms with Crippen LogP contribution in [0, 0.1) is 18.3 Å². The van der Waals surface area contributed by atoms with Crippen LogP contribution in [0.5, 0.6) is 0 Å². The number of para-hydroxylation sites is 1. The summed E-state index contributed by atoms with van der Waals surface area (Å²) in [6, 6.07) is 12.9. The van der Waals surface area contributed by atoms with Crippen molar-refractivity contribution in [2.75, 3.05) is 0 Å². The van der Waals surface area contributed by atoms with Crippen molar-refractivity contribution in [1.82, 2.24) is 24.5 Å². The summed E-state index contributed by atoms with van der Waals surface area (Å²) in [5.74, 6) is 2.40. The van der Waals surface area contributed by atoms with E-state index in [1.54, 1.807) is 11.8 Å². The molecule has 2 saturated carbocycles. The number of nitrogens with zero attached hydrogens (tertiary/aromatic N) is 6. The maximum atomic E-state index is 9.65. The minimum atomic E-state index is 0.564. The van der Waals surface area contributed by atoms with Crippen molar-refractivity contribution in [3.8, 4) is 11.8 Å². The lowest BCUT2D eigenvalue weighted by Gasteiger charge is -2.10. The molecule has 27 heavy (non-hydrogen) atoms. The SMILES string of the molecule is Cc1nn(-c2ccccc2)c(CSc2nnc(C3CC3)n2C2CC2)c1C#N. The van der Waals surface area contributed by atoms with Crippen LogP contribution in [0.1, 0.15) is 60.4 Å².